The van der Waals surface area contributed by atoms with E-state index >= 15 is 0 Å². The van der Waals surface area contributed by atoms with Crippen LogP contribution < -0.4 is 24.7 Å². The van der Waals surface area contributed by atoms with Crippen molar-refractivity contribution in [3.63, 3.8) is 0 Å². The summed E-state index contributed by atoms with van der Waals surface area (Å²) < 4.78 is 87.3. The van der Waals surface area contributed by atoms with Gasteiger partial charge in [-0.1, -0.05) is 0 Å². The number of alkyl halides is 3. The third-order valence-electron chi connectivity index (χ3n) is 4.82. The van der Waals surface area contributed by atoms with Gasteiger partial charge in [-0.2, -0.15) is 0 Å². The number of sulfonamides is 1. The predicted molar refractivity (Wildman–Crippen MR) is 121 cm³/mol. The van der Waals surface area contributed by atoms with Gasteiger partial charge in [0.05, 0.1) is 0 Å². The number of hydrogen-bond acceptors (Lipinski definition) is 5. The van der Waals surface area contributed by atoms with E-state index in [9.17, 15) is 21.6 Å². The Morgan fingerprint density at radius 3 is 1.24 bits per heavy atom. The Hall–Kier alpha value is -2.58. The number of halogens is 3. The Labute approximate surface area is 193 Å². The van der Waals surface area contributed by atoms with E-state index in [1.54, 1.807) is 72.8 Å². The molecule has 11 heteroatoms. The first-order chi connectivity index (χ1) is 15.6. The average molecular weight is 590 g/mol. The molecule has 0 aromatic heterocycles. The SMILES string of the molecule is COc1cccc[c]1[Sb](=[N]S(=O)(=O)C(F)(F)F)([c]1ccccc1OC)[c]1ccccc1OC. The van der Waals surface area contributed by atoms with Crippen molar-refractivity contribution < 1.29 is 35.8 Å². The fraction of sp³-hybridized carbons (Fsp3) is 0.182. The molecule has 0 radical (unpaired) electrons. The quantitative estimate of drug-likeness (QED) is 0.396. The number of hydrogen-bond donors (Lipinski definition) is 0. The van der Waals surface area contributed by atoms with E-state index in [4.69, 9.17) is 14.2 Å². The van der Waals surface area contributed by atoms with Crippen molar-refractivity contribution in [3.05, 3.63) is 72.8 Å². The fourth-order valence-electron chi connectivity index (χ4n) is 3.42. The van der Waals surface area contributed by atoms with Gasteiger partial charge in [-0.15, -0.1) is 0 Å². The zero-order valence-electron chi connectivity index (χ0n) is 17.9. The molecule has 0 amide bonds. The van der Waals surface area contributed by atoms with E-state index < -0.39 is 34.2 Å². The van der Waals surface area contributed by atoms with Gasteiger partial charge in [0, 0.05) is 0 Å². The Morgan fingerprint density at radius 1 is 0.667 bits per heavy atom. The third kappa shape index (κ3) is 4.59. The monoisotopic (exact) mass is 589 g/mol. The minimum absolute atomic E-state index is 0.210. The maximum absolute atomic E-state index is 13.7. The molecule has 0 spiro atoms. The topological polar surface area (TPSA) is 74.2 Å². The van der Waals surface area contributed by atoms with Crippen LogP contribution in [0.3, 0.4) is 0 Å². The van der Waals surface area contributed by atoms with Crippen LogP contribution in [-0.4, -0.2) is 53.9 Å². The van der Waals surface area contributed by atoms with Crippen LogP contribution in [0.4, 0.5) is 13.2 Å². The van der Waals surface area contributed by atoms with Crippen molar-refractivity contribution in [3.8, 4) is 17.2 Å². The molecule has 0 heterocycles. The number of methoxy groups -OCH3 is 3. The molecule has 0 saturated carbocycles. The molecule has 0 aliphatic rings. The third-order valence-corrected chi connectivity index (χ3v) is 18.9. The summed E-state index contributed by atoms with van der Waals surface area (Å²) in [5.74, 6) is 0.629. The van der Waals surface area contributed by atoms with E-state index in [0.717, 1.165) is 0 Å². The normalized spacial score (nSPS) is 12.2. The second kappa shape index (κ2) is 9.73. The second-order valence-corrected chi connectivity index (χ2v) is 17.4. The van der Waals surface area contributed by atoms with Crippen LogP contribution >= 0.6 is 0 Å². The zero-order chi connectivity index (χ0) is 24.3. The number of benzene rings is 3. The summed E-state index contributed by atoms with van der Waals surface area (Å²) in [7, 11) is -1.85. The van der Waals surface area contributed by atoms with Gasteiger partial charge in [-0.25, -0.2) is 0 Å². The van der Waals surface area contributed by atoms with Gasteiger partial charge in [-0.05, 0) is 0 Å². The molecule has 3 aromatic carbocycles. The molecule has 0 unspecified atom stereocenters. The van der Waals surface area contributed by atoms with Crippen LogP contribution in [0.5, 0.6) is 17.2 Å². The van der Waals surface area contributed by atoms with E-state index in [0.29, 0.717) is 0 Å². The molecule has 33 heavy (non-hydrogen) atoms. The average Bonchev–Trinajstić information content (AvgIpc) is 2.81. The molecule has 6 nitrogen and oxygen atoms in total. The summed E-state index contributed by atoms with van der Waals surface area (Å²) in [5, 5.41) is 0. The van der Waals surface area contributed by atoms with Gasteiger partial charge >= 0.3 is 194 Å². The van der Waals surface area contributed by atoms with Crippen molar-refractivity contribution in [2.24, 2.45) is 2.50 Å². The molecule has 3 aromatic rings. The molecule has 0 atom stereocenters. The molecular weight excluding hydrogens is 569 g/mol. The Morgan fingerprint density at radius 2 is 0.970 bits per heavy atom. The number of nitrogens with zero attached hydrogens (tertiary/aromatic N) is 1. The van der Waals surface area contributed by atoms with Crippen LogP contribution in [0.1, 0.15) is 0 Å². The molecular formula is C22H21F3NO5SSb. The van der Waals surface area contributed by atoms with Crippen LogP contribution in [0, 0.1) is 0 Å². The molecule has 0 fully saturated rings. The summed E-state index contributed by atoms with van der Waals surface area (Å²) in [5.41, 5.74) is -5.60. The van der Waals surface area contributed by atoms with Gasteiger partial charge in [0.25, 0.3) is 0 Å². The molecule has 0 saturated heterocycles. The van der Waals surface area contributed by atoms with E-state index in [1.165, 1.54) is 21.3 Å². The fourth-order valence-corrected chi connectivity index (χ4v) is 18.9. The molecule has 0 aliphatic carbocycles. The van der Waals surface area contributed by atoms with Crippen molar-refractivity contribution in [2.45, 2.75) is 5.51 Å². The second-order valence-electron chi connectivity index (χ2n) is 6.65. The van der Waals surface area contributed by atoms with Gasteiger partial charge in [0.1, 0.15) is 0 Å². The molecule has 3 rings (SSSR count). The van der Waals surface area contributed by atoms with Gasteiger partial charge in [0.15, 0.2) is 0 Å². The minimum atomic E-state index is -5.93. The molecule has 0 N–H and O–H groups in total. The maximum atomic E-state index is 13.7. The molecule has 0 aliphatic heterocycles. The first-order valence-electron chi connectivity index (χ1n) is 9.48. The van der Waals surface area contributed by atoms with Crippen LogP contribution in [0.2, 0.25) is 0 Å². The summed E-state index contributed by atoms with van der Waals surface area (Å²) in [6.07, 6.45) is 0. The summed E-state index contributed by atoms with van der Waals surface area (Å²) in [4.78, 5) is 0. The summed E-state index contributed by atoms with van der Waals surface area (Å²) in [6.45, 7) is 0. The Balaban J connectivity index is 2.72. The number of ether oxygens (including phenoxy) is 3. The van der Waals surface area contributed by atoms with E-state index in [2.05, 4.69) is 2.50 Å². The number of rotatable bonds is 7. The van der Waals surface area contributed by atoms with Crippen LogP contribution in [0.15, 0.2) is 75.3 Å². The van der Waals surface area contributed by atoms with E-state index in [-0.39, 0.29) is 27.8 Å². The van der Waals surface area contributed by atoms with Gasteiger partial charge in [-0.3, -0.25) is 0 Å². The van der Waals surface area contributed by atoms with Crippen LogP contribution in [-0.2, 0) is 10.0 Å². The first-order valence-corrected chi connectivity index (χ1v) is 15.9. The van der Waals surface area contributed by atoms with E-state index in [1.807, 2.05) is 0 Å². The van der Waals surface area contributed by atoms with Crippen molar-refractivity contribution in [1.82, 2.24) is 0 Å². The first kappa shape index (κ1) is 25.0. The number of para-hydroxylation sites is 3. The Bertz CT molecular complexity index is 1190. The van der Waals surface area contributed by atoms with Gasteiger partial charge < -0.3 is 0 Å². The standard InChI is InChI=1S/3C7H7O.CF3NO2S.Sb/c3*1-8-7-5-3-2-4-6-7;2-1(3,4)8(5,6)7;/h3*2-5H,1H3;;. The van der Waals surface area contributed by atoms with Crippen LogP contribution in [0.25, 0.3) is 0 Å². The van der Waals surface area contributed by atoms with Gasteiger partial charge in [0.2, 0.25) is 0 Å². The zero-order valence-corrected chi connectivity index (χ0v) is 21.3. The summed E-state index contributed by atoms with van der Waals surface area (Å²) >= 11 is -5.37. The Kier molecular flexibility index (Phi) is 7.38. The predicted octanol–water partition coefficient (Wildman–Crippen LogP) is 2.80. The van der Waals surface area contributed by atoms with Crippen molar-refractivity contribution in [2.75, 3.05) is 21.3 Å². The molecule has 176 valence electrons. The summed E-state index contributed by atoms with van der Waals surface area (Å²) in [6, 6.07) is 19.0. The van der Waals surface area contributed by atoms with Crippen molar-refractivity contribution in [1.29, 1.82) is 0 Å². The molecule has 0 bridgehead atoms. The van der Waals surface area contributed by atoms with Crippen molar-refractivity contribution >= 4 is 39.2 Å².